The molecule has 2 aromatic rings. The molecular formula is C13H13NO. The number of benzene rings is 1. The summed E-state index contributed by atoms with van der Waals surface area (Å²) in [5.74, 6) is 0.848. The van der Waals surface area contributed by atoms with Gasteiger partial charge in [0.15, 0.2) is 0 Å². The third-order valence-electron chi connectivity index (χ3n) is 2.28. The van der Waals surface area contributed by atoms with Crippen molar-refractivity contribution in [3.8, 4) is 5.75 Å². The Morgan fingerprint density at radius 3 is 2.60 bits per heavy atom. The maximum atomic E-state index is 5.26. The zero-order valence-corrected chi connectivity index (χ0v) is 8.68. The van der Waals surface area contributed by atoms with Crippen LogP contribution in [-0.2, 0) is 6.42 Å². The van der Waals surface area contributed by atoms with Crippen molar-refractivity contribution in [1.82, 2.24) is 4.98 Å². The summed E-state index contributed by atoms with van der Waals surface area (Å²) in [6.45, 7) is 0. The van der Waals surface area contributed by atoms with E-state index in [0.717, 1.165) is 17.9 Å². The van der Waals surface area contributed by atoms with Crippen molar-refractivity contribution in [3.63, 3.8) is 0 Å². The second kappa shape index (κ2) is 4.60. The molecule has 0 aliphatic heterocycles. The smallest absolute Gasteiger partial charge is 0.140 e. The second-order valence-corrected chi connectivity index (χ2v) is 3.31. The van der Waals surface area contributed by atoms with Crippen LogP contribution in [0.5, 0.6) is 5.75 Å². The van der Waals surface area contributed by atoms with Crippen molar-refractivity contribution < 1.29 is 4.74 Å². The zero-order valence-electron chi connectivity index (χ0n) is 8.68. The summed E-state index contributed by atoms with van der Waals surface area (Å²) in [5, 5.41) is 0. The van der Waals surface area contributed by atoms with E-state index in [0.29, 0.717) is 0 Å². The van der Waals surface area contributed by atoms with E-state index >= 15 is 0 Å². The third kappa shape index (κ3) is 2.34. The minimum absolute atomic E-state index is 0.810. The number of aromatic nitrogens is 1. The number of hydrogen-bond acceptors (Lipinski definition) is 2. The van der Waals surface area contributed by atoms with Gasteiger partial charge in [-0.25, -0.2) is 0 Å². The Balaban J connectivity index is 2.24. The minimum atomic E-state index is 0.810. The van der Waals surface area contributed by atoms with Crippen LogP contribution in [0.1, 0.15) is 11.3 Å². The van der Waals surface area contributed by atoms with Gasteiger partial charge in [-0.2, -0.15) is 0 Å². The first-order valence-electron chi connectivity index (χ1n) is 4.92. The SMILES string of the molecule is COc1cccnc1Cc1ccccc1. The molecule has 2 nitrogen and oxygen atoms in total. The third-order valence-corrected chi connectivity index (χ3v) is 2.28. The number of methoxy groups -OCH3 is 1. The fourth-order valence-electron chi connectivity index (χ4n) is 1.53. The molecule has 0 radical (unpaired) electrons. The van der Waals surface area contributed by atoms with Gasteiger partial charge in [-0.05, 0) is 17.7 Å². The van der Waals surface area contributed by atoms with Crippen LogP contribution in [-0.4, -0.2) is 12.1 Å². The Labute approximate surface area is 89.6 Å². The summed E-state index contributed by atoms with van der Waals surface area (Å²) in [4.78, 5) is 4.32. The van der Waals surface area contributed by atoms with Gasteiger partial charge in [0.1, 0.15) is 5.75 Å². The summed E-state index contributed by atoms with van der Waals surface area (Å²) in [7, 11) is 1.67. The average molecular weight is 199 g/mol. The number of hydrogen-bond donors (Lipinski definition) is 0. The van der Waals surface area contributed by atoms with Crippen LogP contribution in [0, 0.1) is 0 Å². The average Bonchev–Trinajstić information content (AvgIpc) is 2.31. The van der Waals surface area contributed by atoms with Crippen molar-refractivity contribution in [2.75, 3.05) is 7.11 Å². The van der Waals surface area contributed by atoms with Crippen LogP contribution < -0.4 is 4.74 Å². The highest BCUT2D eigenvalue weighted by Crippen LogP contribution is 2.17. The van der Waals surface area contributed by atoms with Crippen molar-refractivity contribution in [2.24, 2.45) is 0 Å². The Bertz CT molecular complexity index is 426. The molecule has 0 N–H and O–H groups in total. The molecule has 0 spiro atoms. The van der Waals surface area contributed by atoms with Gasteiger partial charge in [-0.15, -0.1) is 0 Å². The van der Waals surface area contributed by atoms with Crippen LogP contribution in [0.2, 0.25) is 0 Å². The molecule has 1 aromatic carbocycles. The van der Waals surface area contributed by atoms with E-state index in [4.69, 9.17) is 4.74 Å². The van der Waals surface area contributed by atoms with Crippen LogP contribution >= 0.6 is 0 Å². The van der Waals surface area contributed by atoms with Gasteiger partial charge in [-0.3, -0.25) is 4.98 Å². The molecule has 15 heavy (non-hydrogen) atoms. The molecule has 1 aromatic heterocycles. The summed E-state index contributed by atoms with van der Waals surface area (Å²) in [6, 6.07) is 14.1. The molecule has 0 saturated heterocycles. The molecular weight excluding hydrogens is 186 g/mol. The Kier molecular flexibility index (Phi) is 2.98. The van der Waals surface area contributed by atoms with E-state index in [-0.39, 0.29) is 0 Å². The summed E-state index contributed by atoms with van der Waals surface area (Å²) in [6.07, 6.45) is 2.60. The zero-order chi connectivity index (χ0) is 10.5. The predicted octanol–water partition coefficient (Wildman–Crippen LogP) is 2.68. The lowest BCUT2D eigenvalue weighted by Gasteiger charge is -2.06. The van der Waals surface area contributed by atoms with E-state index in [1.807, 2.05) is 30.3 Å². The highest BCUT2D eigenvalue weighted by Gasteiger charge is 2.03. The maximum Gasteiger partial charge on any atom is 0.140 e. The standard InChI is InChI=1S/C13H13NO/c1-15-13-8-5-9-14-12(13)10-11-6-3-2-4-7-11/h2-9H,10H2,1H3. The fourth-order valence-corrected chi connectivity index (χ4v) is 1.53. The van der Waals surface area contributed by atoms with Crippen LogP contribution in [0.25, 0.3) is 0 Å². The monoisotopic (exact) mass is 199 g/mol. The Morgan fingerprint density at radius 1 is 1.07 bits per heavy atom. The summed E-state index contributed by atoms with van der Waals surface area (Å²) >= 11 is 0. The van der Waals surface area contributed by atoms with E-state index < -0.39 is 0 Å². The molecule has 0 atom stereocenters. The number of nitrogens with zero attached hydrogens (tertiary/aromatic N) is 1. The normalized spacial score (nSPS) is 9.93. The molecule has 0 amide bonds. The summed E-state index contributed by atoms with van der Waals surface area (Å²) < 4.78 is 5.26. The van der Waals surface area contributed by atoms with E-state index in [1.165, 1.54) is 5.56 Å². The van der Waals surface area contributed by atoms with Gasteiger partial charge in [0.2, 0.25) is 0 Å². The van der Waals surface area contributed by atoms with E-state index in [1.54, 1.807) is 13.3 Å². The topological polar surface area (TPSA) is 22.1 Å². The molecule has 1 heterocycles. The second-order valence-electron chi connectivity index (χ2n) is 3.31. The van der Waals surface area contributed by atoms with Gasteiger partial charge in [0, 0.05) is 12.6 Å². The molecule has 0 aliphatic rings. The van der Waals surface area contributed by atoms with Gasteiger partial charge >= 0.3 is 0 Å². The Morgan fingerprint density at radius 2 is 1.87 bits per heavy atom. The van der Waals surface area contributed by atoms with Crippen molar-refractivity contribution in [3.05, 3.63) is 59.9 Å². The van der Waals surface area contributed by atoms with Gasteiger partial charge in [-0.1, -0.05) is 30.3 Å². The lowest BCUT2D eigenvalue weighted by Crippen LogP contribution is -1.96. The highest BCUT2D eigenvalue weighted by atomic mass is 16.5. The maximum absolute atomic E-state index is 5.26. The van der Waals surface area contributed by atoms with Gasteiger partial charge in [0.25, 0.3) is 0 Å². The number of ether oxygens (including phenoxy) is 1. The van der Waals surface area contributed by atoms with Gasteiger partial charge < -0.3 is 4.74 Å². The number of pyridine rings is 1. The van der Waals surface area contributed by atoms with E-state index in [2.05, 4.69) is 17.1 Å². The van der Waals surface area contributed by atoms with Crippen LogP contribution in [0.3, 0.4) is 0 Å². The molecule has 2 rings (SSSR count). The molecule has 0 aliphatic carbocycles. The molecule has 0 fully saturated rings. The number of rotatable bonds is 3. The van der Waals surface area contributed by atoms with E-state index in [9.17, 15) is 0 Å². The van der Waals surface area contributed by atoms with Crippen LogP contribution in [0.15, 0.2) is 48.7 Å². The van der Waals surface area contributed by atoms with Crippen molar-refractivity contribution in [1.29, 1.82) is 0 Å². The quantitative estimate of drug-likeness (QED) is 0.758. The minimum Gasteiger partial charge on any atom is -0.495 e. The Hall–Kier alpha value is -1.83. The highest BCUT2D eigenvalue weighted by molar-refractivity contribution is 5.31. The predicted molar refractivity (Wildman–Crippen MR) is 60.0 cm³/mol. The first-order chi connectivity index (χ1) is 7.40. The first-order valence-corrected chi connectivity index (χ1v) is 4.92. The van der Waals surface area contributed by atoms with Crippen molar-refractivity contribution >= 4 is 0 Å². The lowest BCUT2D eigenvalue weighted by molar-refractivity contribution is 0.408. The molecule has 76 valence electrons. The first kappa shape index (κ1) is 9.71. The molecule has 2 heteroatoms. The molecule has 0 bridgehead atoms. The summed E-state index contributed by atoms with van der Waals surface area (Å²) in [5.41, 5.74) is 2.22. The lowest BCUT2D eigenvalue weighted by atomic mass is 10.1. The van der Waals surface area contributed by atoms with Gasteiger partial charge in [0.05, 0.1) is 12.8 Å². The fraction of sp³-hybridized carbons (Fsp3) is 0.154. The van der Waals surface area contributed by atoms with Crippen LogP contribution in [0.4, 0.5) is 0 Å². The molecule has 0 saturated carbocycles. The molecule has 0 unspecified atom stereocenters. The largest absolute Gasteiger partial charge is 0.495 e. The van der Waals surface area contributed by atoms with Crippen molar-refractivity contribution in [2.45, 2.75) is 6.42 Å².